The zero-order valence-electron chi connectivity index (χ0n) is 35.5. The van der Waals surface area contributed by atoms with Crippen LogP contribution in [0.25, 0.3) is 86.2 Å². The van der Waals surface area contributed by atoms with E-state index in [2.05, 4.69) is 228 Å². The first-order valence-corrected chi connectivity index (χ1v) is 22.3. The van der Waals surface area contributed by atoms with E-state index in [4.69, 9.17) is 0 Å². The molecule has 304 valence electrons. The van der Waals surface area contributed by atoms with Gasteiger partial charge in [-0.1, -0.05) is 218 Å². The standard InChI is InChI=1S/C61H45N3/c62-61(63(37-45-17-9-25-57-49-21-5-1-13-41(49)29-33-53(45)57)38-46-18-10-26-58-50-22-6-2-14-42(50)30-34-54(46)58)64(39-47-19-11-27-59-51-23-7-3-15-43(51)31-35-55(47)59)40-48-20-12-28-60-52-24-8-4-16-44(52)32-36-56(48)60/h1-36,62H,37-40H2. The van der Waals surface area contributed by atoms with E-state index < -0.39 is 0 Å². The van der Waals surface area contributed by atoms with E-state index in [9.17, 15) is 5.41 Å². The van der Waals surface area contributed by atoms with Crippen LogP contribution >= 0.6 is 0 Å². The maximum atomic E-state index is 10.6. The largest absolute Gasteiger partial charge is 0.334 e. The van der Waals surface area contributed by atoms with Gasteiger partial charge in [0.25, 0.3) is 0 Å². The van der Waals surface area contributed by atoms with Crippen LogP contribution in [0.2, 0.25) is 0 Å². The van der Waals surface area contributed by atoms with Gasteiger partial charge < -0.3 is 9.80 Å². The van der Waals surface area contributed by atoms with E-state index >= 15 is 0 Å². The van der Waals surface area contributed by atoms with Gasteiger partial charge in [-0.2, -0.15) is 0 Å². The van der Waals surface area contributed by atoms with Crippen molar-refractivity contribution in [2.75, 3.05) is 0 Å². The van der Waals surface area contributed by atoms with Crippen LogP contribution in [0.15, 0.2) is 218 Å². The normalized spacial score (nSPS) is 11.8. The Hall–Kier alpha value is -8.01. The van der Waals surface area contributed by atoms with Gasteiger partial charge in [0.05, 0.1) is 0 Å². The number of hydrogen-bond acceptors (Lipinski definition) is 1. The Kier molecular flexibility index (Phi) is 9.26. The summed E-state index contributed by atoms with van der Waals surface area (Å²) in [6, 6.07) is 79.5. The van der Waals surface area contributed by atoms with Crippen molar-refractivity contribution in [2.45, 2.75) is 26.2 Å². The third-order valence-corrected chi connectivity index (χ3v) is 13.6. The number of guanidine groups is 1. The molecule has 0 atom stereocenters. The molecule has 0 fully saturated rings. The molecule has 12 rings (SSSR count). The van der Waals surface area contributed by atoms with Crippen LogP contribution in [0, 0.1) is 5.41 Å². The maximum Gasteiger partial charge on any atom is 0.194 e. The van der Waals surface area contributed by atoms with E-state index in [1.807, 2.05) is 0 Å². The number of nitrogens with one attached hydrogen (secondary N) is 1. The highest BCUT2D eigenvalue weighted by atomic mass is 15.4. The van der Waals surface area contributed by atoms with E-state index in [1.54, 1.807) is 0 Å². The van der Waals surface area contributed by atoms with Gasteiger partial charge in [0.1, 0.15) is 0 Å². The number of benzene rings is 12. The zero-order chi connectivity index (χ0) is 42.6. The Morgan fingerprint density at radius 3 is 0.734 bits per heavy atom. The monoisotopic (exact) mass is 819 g/mol. The second-order valence-corrected chi connectivity index (χ2v) is 17.2. The summed E-state index contributed by atoms with van der Waals surface area (Å²) in [5.41, 5.74) is 4.80. The highest BCUT2D eigenvalue weighted by Gasteiger charge is 2.23. The Morgan fingerprint density at radius 2 is 0.469 bits per heavy atom. The van der Waals surface area contributed by atoms with Gasteiger partial charge in [-0.15, -0.1) is 0 Å². The first-order valence-electron chi connectivity index (χ1n) is 22.3. The third kappa shape index (κ3) is 6.56. The number of fused-ring (bicyclic) bond motifs is 12. The van der Waals surface area contributed by atoms with Crippen molar-refractivity contribution >= 4 is 92.1 Å². The van der Waals surface area contributed by atoms with E-state index in [0.29, 0.717) is 32.1 Å². The second-order valence-electron chi connectivity index (χ2n) is 17.2. The molecule has 0 heterocycles. The minimum Gasteiger partial charge on any atom is -0.334 e. The summed E-state index contributed by atoms with van der Waals surface area (Å²) in [6.45, 7) is 2.26. The average Bonchev–Trinajstić information content (AvgIpc) is 3.35. The summed E-state index contributed by atoms with van der Waals surface area (Å²) >= 11 is 0. The molecule has 0 aromatic heterocycles. The summed E-state index contributed by atoms with van der Waals surface area (Å²) < 4.78 is 0. The van der Waals surface area contributed by atoms with Crippen molar-refractivity contribution in [1.29, 1.82) is 5.41 Å². The lowest BCUT2D eigenvalue weighted by Crippen LogP contribution is -2.42. The molecule has 1 N–H and O–H groups in total. The Morgan fingerprint density at radius 1 is 0.234 bits per heavy atom. The molecule has 3 heteroatoms. The van der Waals surface area contributed by atoms with E-state index in [0.717, 1.165) is 0 Å². The van der Waals surface area contributed by atoms with Crippen LogP contribution in [0.5, 0.6) is 0 Å². The summed E-state index contributed by atoms with van der Waals surface area (Å²) in [5.74, 6) is 0.492. The van der Waals surface area contributed by atoms with Gasteiger partial charge in [-0.3, -0.25) is 5.41 Å². The van der Waals surface area contributed by atoms with Gasteiger partial charge in [0, 0.05) is 26.2 Å². The van der Waals surface area contributed by atoms with Gasteiger partial charge in [0.2, 0.25) is 0 Å². The molecule has 0 aliphatic heterocycles. The van der Waals surface area contributed by atoms with Crippen molar-refractivity contribution in [3.05, 3.63) is 241 Å². The predicted octanol–water partition coefficient (Wildman–Crippen LogP) is 15.6. The molecule has 0 aliphatic rings. The van der Waals surface area contributed by atoms with Crippen LogP contribution in [0.1, 0.15) is 22.3 Å². The number of hydrogen-bond donors (Lipinski definition) is 1. The van der Waals surface area contributed by atoms with Crippen molar-refractivity contribution < 1.29 is 0 Å². The Bertz CT molecular complexity index is 3300. The third-order valence-electron chi connectivity index (χ3n) is 13.6. The van der Waals surface area contributed by atoms with Crippen molar-refractivity contribution in [3.8, 4) is 0 Å². The molecule has 0 saturated heterocycles. The summed E-state index contributed by atoms with van der Waals surface area (Å²) in [4.78, 5) is 4.63. The van der Waals surface area contributed by atoms with Crippen LogP contribution in [-0.4, -0.2) is 15.8 Å². The van der Waals surface area contributed by atoms with Gasteiger partial charge >= 0.3 is 0 Å². The fraction of sp³-hybridized carbons (Fsp3) is 0.0656. The first kappa shape index (κ1) is 37.7. The molecule has 0 unspecified atom stereocenters. The first-order chi connectivity index (χ1) is 31.6. The van der Waals surface area contributed by atoms with Crippen molar-refractivity contribution in [2.24, 2.45) is 0 Å². The molecule has 64 heavy (non-hydrogen) atoms. The fourth-order valence-electron chi connectivity index (χ4n) is 10.4. The molecule has 0 spiro atoms. The van der Waals surface area contributed by atoms with E-state index in [1.165, 1.54) is 108 Å². The molecular weight excluding hydrogens is 775 g/mol. The minimum absolute atomic E-state index is 0.492. The summed E-state index contributed by atoms with van der Waals surface area (Å²) in [7, 11) is 0. The van der Waals surface area contributed by atoms with Crippen LogP contribution in [0.3, 0.4) is 0 Å². The number of rotatable bonds is 8. The number of nitrogens with zero attached hydrogens (tertiary/aromatic N) is 2. The molecule has 0 bridgehead atoms. The lowest BCUT2D eigenvalue weighted by molar-refractivity contribution is 0.294. The lowest BCUT2D eigenvalue weighted by Gasteiger charge is -2.35. The van der Waals surface area contributed by atoms with Gasteiger partial charge in [-0.05, 0) is 108 Å². The topological polar surface area (TPSA) is 30.3 Å². The molecule has 0 amide bonds. The van der Waals surface area contributed by atoms with Crippen molar-refractivity contribution in [3.63, 3.8) is 0 Å². The minimum atomic E-state index is 0.492. The molecule has 3 nitrogen and oxygen atoms in total. The molecular formula is C61H45N3. The quantitative estimate of drug-likeness (QED) is 0.0940. The Labute approximate surface area is 372 Å². The molecule has 12 aromatic rings. The van der Waals surface area contributed by atoms with Crippen LogP contribution in [0.4, 0.5) is 0 Å². The van der Waals surface area contributed by atoms with Gasteiger partial charge in [0.15, 0.2) is 5.96 Å². The molecule has 0 saturated carbocycles. The van der Waals surface area contributed by atoms with Crippen LogP contribution < -0.4 is 0 Å². The Balaban J connectivity index is 1.03. The molecule has 0 aliphatic carbocycles. The predicted molar refractivity (Wildman–Crippen MR) is 272 cm³/mol. The molecule has 12 aromatic carbocycles. The summed E-state index contributed by atoms with van der Waals surface area (Å²) in [6.07, 6.45) is 0. The maximum absolute atomic E-state index is 10.6. The van der Waals surface area contributed by atoms with Crippen molar-refractivity contribution in [1.82, 2.24) is 9.80 Å². The van der Waals surface area contributed by atoms with E-state index in [-0.39, 0.29) is 0 Å². The zero-order valence-corrected chi connectivity index (χ0v) is 35.5. The SMILES string of the molecule is N=C(N(Cc1cccc2c1ccc1ccccc12)Cc1cccc2c1ccc1ccccc12)N(Cc1cccc2c1ccc1ccccc12)Cc1cccc2c1ccc1ccccc12. The second kappa shape index (κ2) is 15.7. The van der Waals surface area contributed by atoms with Gasteiger partial charge in [-0.25, -0.2) is 0 Å². The lowest BCUT2D eigenvalue weighted by atomic mass is 9.96. The highest BCUT2D eigenvalue weighted by molar-refractivity contribution is 6.11. The molecule has 0 radical (unpaired) electrons. The highest BCUT2D eigenvalue weighted by Crippen LogP contribution is 2.35. The smallest absolute Gasteiger partial charge is 0.194 e. The fourth-order valence-corrected chi connectivity index (χ4v) is 10.4. The summed E-state index contributed by atoms with van der Waals surface area (Å²) in [5, 5.41) is 30.4. The average molecular weight is 820 g/mol. The van der Waals surface area contributed by atoms with Crippen LogP contribution in [-0.2, 0) is 26.2 Å².